The number of aliphatic hydroxyl groups excluding tert-OH is 1. The number of hydrogen-bond donors (Lipinski definition) is 6. The van der Waals surface area contributed by atoms with Crippen molar-refractivity contribution in [2.45, 2.75) is 25.7 Å². The maximum Gasteiger partial charge on any atom is 0.317 e. The summed E-state index contributed by atoms with van der Waals surface area (Å²) in [4.78, 5) is 65.4. The monoisotopic (exact) mass is 721 g/mol. The van der Waals surface area contributed by atoms with Gasteiger partial charge in [0.15, 0.2) is 0 Å². The predicted molar refractivity (Wildman–Crippen MR) is 180 cm³/mol. The first kappa shape index (κ1) is 45.0. The molecule has 1 heterocycles. The van der Waals surface area contributed by atoms with Gasteiger partial charge in [0, 0.05) is 98.0 Å². The summed E-state index contributed by atoms with van der Waals surface area (Å²) in [5, 5.41) is 33.3. The van der Waals surface area contributed by atoms with Gasteiger partial charge >= 0.3 is 11.9 Å². The lowest BCUT2D eigenvalue weighted by atomic mass is 10.3. The Bertz CT molecular complexity index is 965. The van der Waals surface area contributed by atoms with Crippen LogP contribution in [0.1, 0.15) is 25.7 Å². The van der Waals surface area contributed by atoms with E-state index in [0.29, 0.717) is 131 Å². The average Bonchev–Trinajstić information content (AvgIpc) is 3.06. The van der Waals surface area contributed by atoms with Crippen molar-refractivity contribution in [2.75, 3.05) is 145 Å². The number of aliphatic hydroxyl groups is 1. The predicted octanol–water partition coefficient (Wildman–Crippen LogP) is -3.33. The Balaban J connectivity index is 2.32. The summed E-state index contributed by atoms with van der Waals surface area (Å²) < 4.78 is 21.6. The molecule has 0 unspecified atom stereocenters. The van der Waals surface area contributed by atoms with Gasteiger partial charge in [-0.15, -0.1) is 0 Å². The molecule has 1 saturated heterocycles. The van der Waals surface area contributed by atoms with Gasteiger partial charge in [0.05, 0.1) is 52.7 Å². The van der Waals surface area contributed by atoms with E-state index in [1.807, 2.05) is 4.90 Å². The van der Waals surface area contributed by atoms with Crippen LogP contribution in [0.15, 0.2) is 0 Å². The largest absolute Gasteiger partial charge is 0.480 e. The molecule has 1 fully saturated rings. The fraction of sp³-hybridized carbons (Fsp3) is 0.839. The van der Waals surface area contributed by atoms with Gasteiger partial charge in [-0.2, -0.15) is 0 Å². The average molecular weight is 722 g/mol. The summed E-state index contributed by atoms with van der Waals surface area (Å²) in [6.45, 7) is 7.37. The number of aliphatic carboxylic acids is 2. The number of ether oxygens (including phenoxy) is 4. The molecule has 290 valence electrons. The number of nitrogens with two attached hydrogens (primary N) is 1. The quantitative estimate of drug-likeness (QED) is 0.0359. The minimum Gasteiger partial charge on any atom is -0.480 e. The van der Waals surface area contributed by atoms with Gasteiger partial charge in [0.2, 0.25) is 17.7 Å². The highest BCUT2D eigenvalue weighted by atomic mass is 16.6. The molecule has 0 radical (unpaired) electrons. The molecule has 1 aliphatic heterocycles. The van der Waals surface area contributed by atoms with Crippen LogP contribution < -0.4 is 16.4 Å². The molecule has 0 aliphatic carbocycles. The minimum absolute atomic E-state index is 0.0325. The van der Waals surface area contributed by atoms with E-state index in [1.54, 1.807) is 9.80 Å². The van der Waals surface area contributed by atoms with Gasteiger partial charge in [-0.25, -0.2) is 0 Å². The zero-order chi connectivity index (χ0) is 36.8. The molecule has 0 aromatic rings. The van der Waals surface area contributed by atoms with Crippen LogP contribution >= 0.6 is 0 Å². The molecule has 7 N–H and O–H groups in total. The standard InChI is InChI=1S/C31H59N7O12/c32-27(40)3-4-28(41)33-5-1-16-47-19-21-49-22-20-48-17-2-6-34-29(42)23-36-9-7-35(15-18-50-26-39)8-10-37(24-30(43)44)13-14-38(12-11-36)25-31(45)46/h39H,1-26H2,(H2,32,40)(H,33,41)(H,34,42)(H,43,44)(H,45,46). The number of amides is 3. The van der Waals surface area contributed by atoms with Crippen LogP contribution in [0, 0.1) is 0 Å². The van der Waals surface area contributed by atoms with E-state index in [1.165, 1.54) is 0 Å². The van der Waals surface area contributed by atoms with Crippen LogP contribution in [-0.4, -0.2) is 209 Å². The van der Waals surface area contributed by atoms with Crippen molar-refractivity contribution >= 4 is 29.7 Å². The van der Waals surface area contributed by atoms with Gasteiger partial charge in [-0.05, 0) is 12.8 Å². The van der Waals surface area contributed by atoms with E-state index in [2.05, 4.69) is 15.5 Å². The topological polar surface area (TPSA) is 246 Å². The minimum atomic E-state index is -0.976. The number of carbonyl (C=O) groups is 5. The van der Waals surface area contributed by atoms with Gasteiger partial charge in [0.1, 0.15) is 6.79 Å². The molecular weight excluding hydrogens is 662 g/mol. The third kappa shape index (κ3) is 26.8. The Morgan fingerprint density at radius 1 is 0.540 bits per heavy atom. The van der Waals surface area contributed by atoms with Crippen LogP contribution in [0.4, 0.5) is 0 Å². The number of rotatable bonds is 27. The number of carbonyl (C=O) groups excluding carboxylic acids is 3. The number of primary amides is 1. The summed E-state index contributed by atoms with van der Waals surface area (Å²) >= 11 is 0. The Kier molecular flexibility index (Phi) is 26.7. The third-order valence-corrected chi connectivity index (χ3v) is 7.58. The highest BCUT2D eigenvalue weighted by molar-refractivity contribution is 5.82. The van der Waals surface area contributed by atoms with E-state index in [4.69, 9.17) is 29.8 Å². The number of nitrogens with zero attached hydrogens (tertiary/aromatic N) is 4. The van der Waals surface area contributed by atoms with Crippen LogP contribution in [0.2, 0.25) is 0 Å². The van der Waals surface area contributed by atoms with E-state index in [9.17, 15) is 34.2 Å². The SMILES string of the molecule is NC(=O)CCC(=O)NCCCOCCOCCOCCCNC(=O)CN1CCN(CCOCO)CCN(CC(=O)O)CCN(CC(=O)O)CC1. The van der Waals surface area contributed by atoms with Gasteiger partial charge in [-0.1, -0.05) is 0 Å². The van der Waals surface area contributed by atoms with Gasteiger partial charge in [0.25, 0.3) is 0 Å². The first-order valence-corrected chi connectivity index (χ1v) is 17.2. The van der Waals surface area contributed by atoms with Crippen molar-refractivity contribution < 1.29 is 58.2 Å². The molecule has 0 aromatic heterocycles. The molecule has 0 saturated carbocycles. The molecule has 19 nitrogen and oxygen atoms in total. The smallest absolute Gasteiger partial charge is 0.317 e. The van der Waals surface area contributed by atoms with Crippen molar-refractivity contribution in [3.8, 4) is 0 Å². The molecule has 0 bridgehead atoms. The fourth-order valence-corrected chi connectivity index (χ4v) is 4.85. The maximum absolute atomic E-state index is 12.8. The molecule has 0 aromatic carbocycles. The highest BCUT2D eigenvalue weighted by Gasteiger charge is 2.20. The first-order chi connectivity index (χ1) is 24.1. The van der Waals surface area contributed by atoms with Crippen molar-refractivity contribution in [1.29, 1.82) is 0 Å². The van der Waals surface area contributed by atoms with Crippen molar-refractivity contribution in [3.63, 3.8) is 0 Å². The van der Waals surface area contributed by atoms with E-state index in [-0.39, 0.29) is 44.3 Å². The number of carboxylic acids is 2. The summed E-state index contributed by atoms with van der Waals surface area (Å²) in [7, 11) is 0. The fourth-order valence-electron chi connectivity index (χ4n) is 4.85. The second-order valence-corrected chi connectivity index (χ2v) is 11.7. The molecule has 1 aliphatic rings. The Morgan fingerprint density at radius 3 is 1.40 bits per heavy atom. The molecule has 0 atom stereocenters. The zero-order valence-electron chi connectivity index (χ0n) is 29.3. The summed E-state index contributed by atoms with van der Waals surface area (Å²) in [5.74, 6) is -2.81. The summed E-state index contributed by atoms with van der Waals surface area (Å²) in [5.41, 5.74) is 5.01. The lowest BCUT2D eigenvalue weighted by Crippen LogP contribution is -2.49. The van der Waals surface area contributed by atoms with Crippen LogP contribution in [-0.2, 0) is 42.9 Å². The third-order valence-electron chi connectivity index (χ3n) is 7.58. The van der Waals surface area contributed by atoms with Crippen molar-refractivity contribution in [2.24, 2.45) is 5.73 Å². The van der Waals surface area contributed by atoms with E-state index in [0.717, 1.165) is 0 Å². The Hall–Kier alpha value is -3.01. The molecule has 0 spiro atoms. The van der Waals surface area contributed by atoms with Gasteiger partial charge < -0.3 is 50.6 Å². The normalized spacial score (nSPS) is 15.9. The molecule has 1 rings (SSSR count). The van der Waals surface area contributed by atoms with E-state index >= 15 is 0 Å². The highest BCUT2D eigenvalue weighted by Crippen LogP contribution is 2.02. The van der Waals surface area contributed by atoms with Crippen LogP contribution in [0.25, 0.3) is 0 Å². The zero-order valence-corrected chi connectivity index (χ0v) is 29.3. The van der Waals surface area contributed by atoms with E-state index < -0.39 is 24.6 Å². The molecule has 50 heavy (non-hydrogen) atoms. The number of nitrogens with one attached hydrogen (secondary N) is 2. The van der Waals surface area contributed by atoms with Crippen molar-refractivity contribution in [1.82, 2.24) is 30.2 Å². The lowest BCUT2D eigenvalue weighted by molar-refractivity contribution is -0.140. The molecule has 19 heteroatoms. The molecular formula is C31H59N7O12. The van der Waals surface area contributed by atoms with Crippen molar-refractivity contribution in [3.05, 3.63) is 0 Å². The Labute approximate surface area is 294 Å². The van der Waals surface area contributed by atoms with Gasteiger partial charge in [-0.3, -0.25) is 43.6 Å². The summed E-state index contributed by atoms with van der Waals surface area (Å²) in [6.07, 6.45) is 1.38. The van der Waals surface area contributed by atoms with Crippen LogP contribution in [0.3, 0.4) is 0 Å². The second kappa shape index (κ2) is 29.7. The molecule has 3 amide bonds. The summed E-state index contributed by atoms with van der Waals surface area (Å²) in [6, 6.07) is 0. The Morgan fingerprint density at radius 2 is 0.960 bits per heavy atom. The number of hydrogen-bond acceptors (Lipinski definition) is 14. The maximum atomic E-state index is 12.8. The lowest BCUT2D eigenvalue weighted by Gasteiger charge is -2.33. The van der Waals surface area contributed by atoms with Crippen LogP contribution in [0.5, 0.6) is 0 Å². The second-order valence-electron chi connectivity index (χ2n) is 11.7. The number of carboxylic acid groups (broad SMARTS) is 2. The first-order valence-electron chi connectivity index (χ1n) is 17.2.